The molecule has 0 bridgehead atoms. The van der Waals surface area contributed by atoms with E-state index in [2.05, 4.69) is 54.2 Å². The number of ether oxygens (including phenoxy) is 2. The van der Waals surface area contributed by atoms with Crippen molar-refractivity contribution < 1.29 is 19.1 Å². The maximum Gasteiger partial charge on any atom is 0.410 e. The molecule has 1 saturated heterocycles. The number of nitrogens with zero attached hydrogens (tertiary/aromatic N) is 1. The van der Waals surface area contributed by atoms with E-state index in [-0.39, 0.29) is 5.41 Å². The van der Waals surface area contributed by atoms with Gasteiger partial charge in [0, 0.05) is 4.47 Å². The van der Waals surface area contributed by atoms with Gasteiger partial charge in [0.2, 0.25) is 0 Å². The zero-order chi connectivity index (χ0) is 23.1. The molecule has 1 fully saturated rings. The van der Waals surface area contributed by atoms with Gasteiger partial charge in [0.1, 0.15) is 16.7 Å². The Hall–Kier alpha value is -1.76. The van der Waals surface area contributed by atoms with E-state index in [1.165, 1.54) is 0 Å². The smallest absolute Gasteiger partial charge is 0.410 e. The SMILES string of the molecule is CC(C)(C)OC(=O)NC1(c2cc(Br)cc(C(C)(C)C)c2)CN(C(=O)OC(C)(C)C)C1. The summed E-state index contributed by atoms with van der Waals surface area (Å²) in [5, 5.41) is 3.02. The third-order valence-electron chi connectivity index (χ3n) is 4.63. The van der Waals surface area contributed by atoms with E-state index in [4.69, 9.17) is 9.47 Å². The average molecular weight is 483 g/mol. The fourth-order valence-electron chi connectivity index (χ4n) is 3.19. The van der Waals surface area contributed by atoms with Gasteiger partial charge in [-0.1, -0.05) is 42.8 Å². The van der Waals surface area contributed by atoms with Crippen LogP contribution >= 0.6 is 15.9 Å². The zero-order valence-corrected chi connectivity index (χ0v) is 21.2. The number of halogens is 1. The molecule has 0 spiro atoms. The second kappa shape index (κ2) is 8.06. The maximum absolute atomic E-state index is 12.6. The standard InChI is InChI=1S/C23H35BrN2O4/c1-20(2,3)15-10-16(12-17(24)11-15)23(25-18(27)29-21(4,5)6)13-26(14-23)19(28)30-22(7,8)9/h10-12H,13-14H2,1-9H3,(H,25,27). The van der Waals surface area contributed by atoms with Gasteiger partial charge in [0.15, 0.2) is 0 Å². The summed E-state index contributed by atoms with van der Waals surface area (Å²) in [6.45, 7) is 18.0. The van der Waals surface area contributed by atoms with Gasteiger partial charge in [0.25, 0.3) is 0 Å². The normalized spacial score (nSPS) is 16.5. The van der Waals surface area contributed by atoms with Gasteiger partial charge in [-0.2, -0.15) is 0 Å². The molecule has 1 aliphatic rings. The van der Waals surface area contributed by atoms with Gasteiger partial charge >= 0.3 is 12.2 Å². The number of hydrogen-bond donors (Lipinski definition) is 1. The molecule has 0 aliphatic carbocycles. The van der Waals surface area contributed by atoms with Crippen molar-refractivity contribution in [3.05, 3.63) is 33.8 Å². The van der Waals surface area contributed by atoms with E-state index < -0.39 is 28.9 Å². The first-order valence-electron chi connectivity index (χ1n) is 10.2. The molecule has 6 nitrogen and oxygen atoms in total. The first kappa shape index (κ1) is 24.5. The molecule has 1 N–H and O–H groups in total. The monoisotopic (exact) mass is 482 g/mol. The summed E-state index contributed by atoms with van der Waals surface area (Å²) in [4.78, 5) is 26.7. The van der Waals surface area contributed by atoms with Crippen LogP contribution in [0.5, 0.6) is 0 Å². The molecule has 1 aromatic carbocycles. The van der Waals surface area contributed by atoms with Crippen molar-refractivity contribution in [2.75, 3.05) is 13.1 Å². The number of benzene rings is 1. The first-order chi connectivity index (χ1) is 13.4. The summed E-state index contributed by atoms with van der Waals surface area (Å²) in [7, 11) is 0. The molecule has 1 aromatic rings. The highest BCUT2D eigenvalue weighted by Crippen LogP contribution is 2.37. The number of nitrogens with one attached hydrogen (secondary N) is 1. The maximum atomic E-state index is 12.6. The van der Waals surface area contributed by atoms with Crippen molar-refractivity contribution in [2.45, 2.75) is 84.5 Å². The molecule has 0 atom stereocenters. The van der Waals surface area contributed by atoms with Crippen LogP contribution in [0.25, 0.3) is 0 Å². The highest BCUT2D eigenvalue weighted by Gasteiger charge is 2.50. The molecule has 0 radical (unpaired) electrons. The summed E-state index contributed by atoms with van der Waals surface area (Å²) in [5.41, 5.74) is 0.0421. The summed E-state index contributed by atoms with van der Waals surface area (Å²) >= 11 is 3.60. The zero-order valence-electron chi connectivity index (χ0n) is 19.6. The predicted octanol–water partition coefficient (Wildman–Crippen LogP) is 5.72. The van der Waals surface area contributed by atoms with E-state index in [1.54, 1.807) is 4.90 Å². The molecular weight excluding hydrogens is 448 g/mol. The Balaban J connectivity index is 2.36. The topological polar surface area (TPSA) is 67.9 Å². The number of likely N-dealkylation sites (tertiary alicyclic amines) is 1. The first-order valence-corrected chi connectivity index (χ1v) is 11.0. The lowest BCUT2D eigenvalue weighted by Gasteiger charge is -2.50. The van der Waals surface area contributed by atoms with Gasteiger partial charge in [-0.3, -0.25) is 0 Å². The summed E-state index contributed by atoms with van der Waals surface area (Å²) in [6, 6.07) is 6.16. The lowest BCUT2D eigenvalue weighted by atomic mass is 9.78. The number of rotatable bonds is 2. The Bertz CT molecular complexity index is 810. The van der Waals surface area contributed by atoms with E-state index in [0.717, 1.165) is 15.6 Å². The van der Waals surface area contributed by atoms with Gasteiger partial charge in [0.05, 0.1) is 13.1 Å². The van der Waals surface area contributed by atoms with Crippen LogP contribution in [0, 0.1) is 0 Å². The van der Waals surface area contributed by atoms with Gasteiger partial charge < -0.3 is 19.7 Å². The van der Waals surface area contributed by atoms with Crippen molar-refractivity contribution in [1.82, 2.24) is 10.2 Å². The van der Waals surface area contributed by atoms with Crippen LogP contribution in [0.2, 0.25) is 0 Å². The van der Waals surface area contributed by atoms with Crippen molar-refractivity contribution in [3.63, 3.8) is 0 Å². The fraction of sp³-hybridized carbons (Fsp3) is 0.652. The Morgan fingerprint density at radius 1 is 0.933 bits per heavy atom. The van der Waals surface area contributed by atoms with Crippen molar-refractivity contribution in [2.24, 2.45) is 0 Å². The quantitative estimate of drug-likeness (QED) is 0.585. The molecule has 0 saturated carbocycles. The van der Waals surface area contributed by atoms with Crippen LogP contribution in [-0.2, 0) is 20.4 Å². The number of amides is 2. The van der Waals surface area contributed by atoms with Crippen LogP contribution in [-0.4, -0.2) is 41.4 Å². The minimum Gasteiger partial charge on any atom is -0.444 e. The largest absolute Gasteiger partial charge is 0.444 e. The lowest BCUT2D eigenvalue weighted by Crippen LogP contribution is -2.69. The van der Waals surface area contributed by atoms with E-state index >= 15 is 0 Å². The van der Waals surface area contributed by atoms with E-state index in [1.807, 2.05) is 47.6 Å². The molecule has 2 amide bonds. The Morgan fingerprint density at radius 2 is 1.47 bits per heavy atom. The highest BCUT2D eigenvalue weighted by atomic mass is 79.9. The van der Waals surface area contributed by atoms with Gasteiger partial charge in [-0.05, 0) is 70.2 Å². The molecule has 1 heterocycles. The molecule has 30 heavy (non-hydrogen) atoms. The number of alkyl carbamates (subject to hydrolysis) is 1. The highest BCUT2D eigenvalue weighted by molar-refractivity contribution is 9.10. The molecule has 2 rings (SSSR count). The predicted molar refractivity (Wildman–Crippen MR) is 122 cm³/mol. The number of hydrogen-bond acceptors (Lipinski definition) is 4. The van der Waals surface area contributed by atoms with Crippen LogP contribution in [0.3, 0.4) is 0 Å². The van der Waals surface area contributed by atoms with E-state index in [0.29, 0.717) is 13.1 Å². The third-order valence-corrected chi connectivity index (χ3v) is 5.09. The van der Waals surface area contributed by atoms with Crippen LogP contribution < -0.4 is 5.32 Å². The second-order valence-corrected chi connectivity index (χ2v) is 11.9. The van der Waals surface area contributed by atoms with Crippen molar-refractivity contribution in [1.29, 1.82) is 0 Å². The van der Waals surface area contributed by atoms with Crippen LogP contribution in [0.4, 0.5) is 9.59 Å². The van der Waals surface area contributed by atoms with Crippen LogP contribution in [0.1, 0.15) is 73.4 Å². The molecule has 7 heteroatoms. The molecular formula is C23H35BrN2O4. The summed E-state index contributed by atoms with van der Waals surface area (Å²) in [5.74, 6) is 0. The number of carbonyl (C=O) groups is 2. The molecule has 0 aromatic heterocycles. The van der Waals surface area contributed by atoms with E-state index in [9.17, 15) is 9.59 Å². The summed E-state index contributed by atoms with van der Waals surface area (Å²) < 4.78 is 11.9. The van der Waals surface area contributed by atoms with Gasteiger partial charge in [-0.25, -0.2) is 9.59 Å². The fourth-order valence-corrected chi connectivity index (χ4v) is 3.69. The second-order valence-electron chi connectivity index (χ2n) is 11.0. The minimum absolute atomic E-state index is 0.0692. The van der Waals surface area contributed by atoms with Crippen LogP contribution in [0.15, 0.2) is 22.7 Å². The molecule has 168 valence electrons. The lowest BCUT2D eigenvalue weighted by molar-refractivity contribution is -0.0230. The Kier molecular flexibility index (Phi) is 6.58. The minimum atomic E-state index is -0.747. The van der Waals surface area contributed by atoms with Crippen molar-refractivity contribution in [3.8, 4) is 0 Å². The number of carbonyl (C=O) groups excluding carboxylic acids is 2. The Morgan fingerprint density at radius 3 is 1.93 bits per heavy atom. The summed E-state index contributed by atoms with van der Waals surface area (Å²) in [6.07, 6.45) is -0.904. The van der Waals surface area contributed by atoms with Crippen molar-refractivity contribution >= 4 is 28.1 Å². The molecule has 1 aliphatic heterocycles. The third kappa shape index (κ3) is 6.37. The Labute approximate surface area is 188 Å². The average Bonchev–Trinajstić information content (AvgIpc) is 2.45. The van der Waals surface area contributed by atoms with Gasteiger partial charge in [-0.15, -0.1) is 0 Å². The molecule has 0 unspecified atom stereocenters.